The zero-order valence-corrected chi connectivity index (χ0v) is 10.1. The number of aliphatic hydroxyl groups is 1. The first kappa shape index (κ1) is 12.6. The van der Waals surface area contributed by atoms with Crippen LogP contribution < -0.4 is 5.73 Å². The van der Waals surface area contributed by atoms with E-state index in [9.17, 15) is 0 Å². The summed E-state index contributed by atoms with van der Waals surface area (Å²) in [6.45, 7) is 4.36. The second kappa shape index (κ2) is 5.54. The Hall–Kier alpha value is -0.510. The maximum absolute atomic E-state index is 8.93. The van der Waals surface area contributed by atoms with Crippen LogP contribution in [0.25, 0.3) is 0 Å². The second-order valence-electron chi connectivity index (χ2n) is 4.32. The topological polar surface area (TPSA) is 46.2 Å². The lowest BCUT2D eigenvalue weighted by Crippen LogP contribution is -2.32. The number of rotatable bonds is 5. The monoisotopic (exact) mass is 225 g/mol. The number of nitrogens with two attached hydrogens (primary N) is 1. The van der Waals surface area contributed by atoms with Crippen molar-refractivity contribution < 1.29 is 5.11 Å². The third-order valence-electron chi connectivity index (χ3n) is 2.13. The highest BCUT2D eigenvalue weighted by Crippen LogP contribution is 2.35. The van der Waals surface area contributed by atoms with Crippen molar-refractivity contribution in [1.29, 1.82) is 0 Å². The molecule has 0 aliphatic heterocycles. The average Bonchev–Trinajstić information content (AvgIpc) is 2.17. The molecular weight excluding hydrogens is 206 g/mol. The zero-order valence-electron chi connectivity index (χ0n) is 9.31. The van der Waals surface area contributed by atoms with Crippen molar-refractivity contribution in [2.24, 2.45) is 5.73 Å². The highest BCUT2D eigenvalue weighted by molar-refractivity contribution is 8.00. The molecule has 0 fully saturated rings. The molecule has 0 bridgehead atoms. The lowest BCUT2D eigenvalue weighted by atomic mass is 10.0. The molecule has 0 aromatic heterocycles. The van der Waals surface area contributed by atoms with Crippen LogP contribution in [0.2, 0.25) is 0 Å². The van der Waals surface area contributed by atoms with Gasteiger partial charge in [-0.3, -0.25) is 0 Å². The Kier molecular flexibility index (Phi) is 4.64. The van der Waals surface area contributed by atoms with Gasteiger partial charge in [-0.1, -0.05) is 32.0 Å². The van der Waals surface area contributed by atoms with Gasteiger partial charge in [-0.2, -0.15) is 0 Å². The van der Waals surface area contributed by atoms with Crippen LogP contribution in [0.1, 0.15) is 20.3 Å². The zero-order chi connectivity index (χ0) is 11.3. The third kappa shape index (κ3) is 4.69. The fourth-order valence-corrected chi connectivity index (χ4v) is 2.77. The van der Waals surface area contributed by atoms with E-state index in [1.807, 2.05) is 18.2 Å². The van der Waals surface area contributed by atoms with E-state index in [1.165, 1.54) is 4.90 Å². The third-order valence-corrected chi connectivity index (χ3v) is 3.35. The maximum Gasteiger partial charge on any atom is 0.0583 e. The molecule has 0 saturated carbocycles. The van der Waals surface area contributed by atoms with E-state index in [1.54, 1.807) is 11.8 Å². The summed E-state index contributed by atoms with van der Waals surface area (Å²) in [7, 11) is 0. The molecule has 0 radical (unpaired) electrons. The molecule has 3 N–H and O–H groups in total. The Balaban J connectivity index is 2.56. The number of aliphatic hydroxyl groups excluding tert-OH is 1. The van der Waals surface area contributed by atoms with Crippen LogP contribution in [0, 0.1) is 0 Å². The van der Waals surface area contributed by atoms with Crippen LogP contribution >= 0.6 is 11.8 Å². The Bertz CT molecular complexity index is 287. The van der Waals surface area contributed by atoms with Crippen LogP contribution in [-0.2, 0) is 0 Å². The van der Waals surface area contributed by atoms with Gasteiger partial charge in [0.1, 0.15) is 0 Å². The molecule has 1 aromatic carbocycles. The minimum atomic E-state index is -0.129. The van der Waals surface area contributed by atoms with Gasteiger partial charge in [-0.05, 0) is 18.6 Å². The quantitative estimate of drug-likeness (QED) is 0.756. The molecule has 0 aliphatic rings. The molecule has 1 rings (SSSR count). The van der Waals surface area contributed by atoms with Crippen molar-refractivity contribution in [3.8, 4) is 0 Å². The molecule has 0 saturated heterocycles. The van der Waals surface area contributed by atoms with E-state index in [2.05, 4.69) is 26.0 Å². The van der Waals surface area contributed by atoms with Gasteiger partial charge in [-0.25, -0.2) is 0 Å². The van der Waals surface area contributed by atoms with Gasteiger partial charge in [0.05, 0.1) is 6.61 Å². The predicted octanol–water partition coefficient (Wildman–Crippen LogP) is 2.27. The second-order valence-corrected chi connectivity index (χ2v) is 6.10. The fourth-order valence-electron chi connectivity index (χ4n) is 1.55. The lowest BCUT2D eigenvalue weighted by molar-refractivity contribution is 0.254. The molecule has 1 atom stereocenters. The van der Waals surface area contributed by atoms with Crippen molar-refractivity contribution in [1.82, 2.24) is 0 Å². The Morgan fingerprint density at radius 2 is 1.93 bits per heavy atom. The van der Waals surface area contributed by atoms with Crippen LogP contribution in [0.5, 0.6) is 0 Å². The molecule has 0 amide bonds. The summed E-state index contributed by atoms with van der Waals surface area (Å²) >= 11 is 1.80. The van der Waals surface area contributed by atoms with Gasteiger partial charge in [0.2, 0.25) is 0 Å². The minimum Gasteiger partial charge on any atom is -0.395 e. The molecule has 0 heterocycles. The van der Waals surface area contributed by atoms with E-state index >= 15 is 0 Å². The van der Waals surface area contributed by atoms with Gasteiger partial charge >= 0.3 is 0 Å². The molecule has 0 spiro atoms. The molecular formula is C12H19NOS. The molecule has 84 valence electrons. The molecule has 0 aliphatic carbocycles. The summed E-state index contributed by atoms with van der Waals surface area (Å²) < 4.78 is 0.0590. The first-order valence-corrected chi connectivity index (χ1v) is 5.96. The SMILES string of the molecule is CC(C)(CC(N)CO)Sc1ccccc1. The Morgan fingerprint density at radius 3 is 2.47 bits per heavy atom. The van der Waals surface area contributed by atoms with Crippen molar-refractivity contribution in [2.75, 3.05) is 6.61 Å². The van der Waals surface area contributed by atoms with Crippen molar-refractivity contribution in [2.45, 2.75) is 36.0 Å². The van der Waals surface area contributed by atoms with E-state index in [0.29, 0.717) is 0 Å². The van der Waals surface area contributed by atoms with Gasteiger partial charge in [0.15, 0.2) is 0 Å². The highest BCUT2D eigenvalue weighted by Gasteiger charge is 2.22. The van der Waals surface area contributed by atoms with Crippen molar-refractivity contribution >= 4 is 11.8 Å². The van der Waals surface area contributed by atoms with Crippen LogP contribution in [0.4, 0.5) is 0 Å². The number of hydrogen-bond acceptors (Lipinski definition) is 3. The van der Waals surface area contributed by atoms with Crippen molar-refractivity contribution in [3.63, 3.8) is 0 Å². The largest absolute Gasteiger partial charge is 0.395 e. The summed E-state index contributed by atoms with van der Waals surface area (Å²) in [6.07, 6.45) is 0.809. The molecule has 2 nitrogen and oxygen atoms in total. The normalized spacial score (nSPS) is 13.9. The summed E-state index contributed by atoms with van der Waals surface area (Å²) in [5.41, 5.74) is 5.75. The molecule has 1 aromatic rings. The van der Waals surface area contributed by atoms with E-state index < -0.39 is 0 Å². The van der Waals surface area contributed by atoms with E-state index in [0.717, 1.165) is 6.42 Å². The molecule has 1 unspecified atom stereocenters. The first-order chi connectivity index (χ1) is 7.03. The summed E-state index contributed by atoms with van der Waals surface area (Å²) in [4.78, 5) is 1.24. The number of thioether (sulfide) groups is 1. The molecule has 15 heavy (non-hydrogen) atoms. The van der Waals surface area contributed by atoms with Gasteiger partial charge in [0, 0.05) is 15.7 Å². The number of hydrogen-bond donors (Lipinski definition) is 2. The predicted molar refractivity (Wildman–Crippen MR) is 66.1 cm³/mol. The summed E-state index contributed by atoms with van der Waals surface area (Å²) in [5.74, 6) is 0. The van der Waals surface area contributed by atoms with Gasteiger partial charge in [0.25, 0.3) is 0 Å². The summed E-state index contributed by atoms with van der Waals surface area (Å²) in [5, 5.41) is 8.93. The van der Waals surface area contributed by atoms with Crippen LogP contribution in [-0.4, -0.2) is 22.5 Å². The maximum atomic E-state index is 8.93. The van der Waals surface area contributed by atoms with Gasteiger partial charge in [-0.15, -0.1) is 11.8 Å². The van der Waals surface area contributed by atoms with Crippen LogP contribution in [0.15, 0.2) is 35.2 Å². The van der Waals surface area contributed by atoms with Crippen LogP contribution in [0.3, 0.4) is 0 Å². The first-order valence-electron chi connectivity index (χ1n) is 5.14. The smallest absolute Gasteiger partial charge is 0.0583 e. The fraction of sp³-hybridized carbons (Fsp3) is 0.500. The van der Waals surface area contributed by atoms with Crippen molar-refractivity contribution in [3.05, 3.63) is 30.3 Å². The standard InChI is InChI=1S/C12H19NOS/c1-12(2,8-10(13)9-14)15-11-6-4-3-5-7-11/h3-7,10,14H,8-9,13H2,1-2H3. The number of benzene rings is 1. The Labute approximate surface area is 95.9 Å². The Morgan fingerprint density at radius 1 is 1.33 bits per heavy atom. The average molecular weight is 225 g/mol. The molecule has 3 heteroatoms. The van der Waals surface area contributed by atoms with Gasteiger partial charge < -0.3 is 10.8 Å². The van der Waals surface area contributed by atoms with E-state index in [-0.39, 0.29) is 17.4 Å². The highest BCUT2D eigenvalue weighted by atomic mass is 32.2. The lowest BCUT2D eigenvalue weighted by Gasteiger charge is -2.26. The van der Waals surface area contributed by atoms with E-state index in [4.69, 9.17) is 10.8 Å². The minimum absolute atomic E-state index is 0.0543. The summed E-state index contributed by atoms with van der Waals surface area (Å²) in [6, 6.07) is 10.1.